The van der Waals surface area contributed by atoms with Crippen LogP contribution in [0.2, 0.25) is 0 Å². The number of fused-ring (bicyclic) bond motifs is 3. The smallest absolute Gasteiger partial charge is 0.329 e. The first-order valence-corrected chi connectivity index (χ1v) is 24.2. The zero-order chi connectivity index (χ0) is 48.2. The number of esters is 1. The van der Waals surface area contributed by atoms with Crippen LogP contribution >= 0.6 is 0 Å². The lowest BCUT2D eigenvalue weighted by Gasteiger charge is -2.42. The van der Waals surface area contributed by atoms with Crippen LogP contribution in [0.15, 0.2) is 47.6 Å². The number of nitrogens with zero attached hydrogens (tertiary/aromatic N) is 1. The van der Waals surface area contributed by atoms with E-state index < -0.39 is 71.8 Å². The molecule has 3 fully saturated rings. The number of carbonyl (C=O) groups excluding carboxylic acids is 5. The average Bonchev–Trinajstić information content (AvgIpc) is 3.28. The van der Waals surface area contributed by atoms with Crippen molar-refractivity contribution in [2.75, 3.05) is 27.9 Å². The number of ketones is 3. The van der Waals surface area contributed by atoms with E-state index in [-0.39, 0.29) is 66.6 Å². The molecular weight excluding hydrogens is 831 g/mol. The molecule has 2 N–H and O–H groups in total. The number of piperidine rings is 1. The first-order valence-electron chi connectivity index (χ1n) is 24.2. The number of hydrogen-bond donors (Lipinski definition) is 2. The van der Waals surface area contributed by atoms with Crippen molar-refractivity contribution in [1.82, 2.24) is 4.90 Å². The highest BCUT2D eigenvalue weighted by Crippen LogP contribution is 2.38. The number of rotatable bonds is 6. The van der Waals surface area contributed by atoms with Crippen LogP contribution in [0.3, 0.4) is 0 Å². The molecule has 2 saturated heterocycles. The van der Waals surface area contributed by atoms with Crippen LogP contribution in [0.4, 0.5) is 0 Å². The minimum absolute atomic E-state index is 0.00540. The molecule has 1 saturated carbocycles. The lowest BCUT2D eigenvalue weighted by atomic mass is 9.78. The second-order valence-electron chi connectivity index (χ2n) is 19.9. The summed E-state index contributed by atoms with van der Waals surface area (Å²) >= 11 is 0. The summed E-state index contributed by atoms with van der Waals surface area (Å²) in [5.41, 5.74) is 1.73. The van der Waals surface area contributed by atoms with Crippen LogP contribution in [0, 0.1) is 41.4 Å². The highest BCUT2D eigenvalue weighted by atomic mass is 16.6. The Kier molecular flexibility index (Phi) is 21.0. The fourth-order valence-corrected chi connectivity index (χ4v) is 10.3. The van der Waals surface area contributed by atoms with Gasteiger partial charge in [-0.15, -0.1) is 0 Å². The second-order valence-corrected chi connectivity index (χ2v) is 19.9. The van der Waals surface area contributed by atoms with E-state index in [4.69, 9.17) is 23.7 Å². The quantitative estimate of drug-likeness (QED) is 0.153. The van der Waals surface area contributed by atoms with Gasteiger partial charge in [0, 0.05) is 64.4 Å². The van der Waals surface area contributed by atoms with Crippen LogP contribution in [0.5, 0.6) is 0 Å². The number of Topliss-reactive ketones (excluding diaryl/α,β-unsaturated/α-hetero) is 3. The van der Waals surface area contributed by atoms with Crippen LogP contribution in [-0.2, 0) is 47.7 Å². The number of allylic oxidation sites excluding steroid dienone is 6. The van der Waals surface area contributed by atoms with Crippen molar-refractivity contribution in [3.63, 3.8) is 0 Å². The van der Waals surface area contributed by atoms with Crippen LogP contribution in [-0.4, -0.2) is 121 Å². The van der Waals surface area contributed by atoms with Crippen molar-refractivity contribution in [2.45, 2.75) is 181 Å². The predicted molar refractivity (Wildman–Crippen MR) is 248 cm³/mol. The Hall–Kier alpha value is -3.33. The number of carbonyl (C=O) groups is 5. The summed E-state index contributed by atoms with van der Waals surface area (Å²) in [4.78, 5) is 72.1. The van der Waals surface area contributed by atoms with Crippen molar-refractivity contribution < 1.29 is 57.9 Å². The van der Waals surface area contributed by atoms with Gasteiger partial charge in [0.05, 0.1) is 24.4 Å². The van der Waals surface area contributed by atoms with E-state index >= 15 is 0 Å². The largest absolute Gasteiger partial charge is 0.460 e. The van der Waals surface area contributed by atoms with E-state index in [1.54, 1.807) is 28.1 Å². The Balaban J connectivity index is 1.70. The first-order chi connectivity index (χ1) is 30.7. The van der Waals surface area contributed by atoms with Crippen molar-refractivity contribution in [2.24, 2.45) is 41.4 Å². The number of ether oxygens (including phenoxy) is 5. The van der Waals surface area contributed by atoms with Crippen LogP contribution in [0.25, 0.3) is 0 Å². The molecule has 366 valence electrons. The third kappa shape index (κ3) is 14.3. The van der Waals surface area contributed by atoms with E-state index in [0.29, 0.717) is 57.8 Å². The molecule has 4 aliphatic rings. The van der Waals surface area contributed by atoms with Gasteiger partial charge in [0.25, 0.3) is 11.7 Å². The predicted octanol–water partition coefficient (Wildman–Crippen LogP) is 7.46. The maximum atomic E-state index is 14.4. The van der Waals surface area contributed by atoms with Gasteiger partial charge in [0.1, 0.15) is 24.0 Å². The topological polar surface area (TPSA) is 175 Å². The fourth-order valence-electron chi connectivity index (χ4n) is 10.3. The Morgan fingerprint density at radius 3 is 2.25 bits per heavy atom. The third-order valence-corrected chi connectivity index (χ3v) is 14.9. The molecule has 1 amide bonds. The van der Waals surface area contributed by atoms with Crippen molar-refractivity contribution in [3.8, 4) is 0 Å². The second kappa shape index (κ2) is 25.2. The first kappa shape index (κ1) is 54.3. The molecule has 0 spiro atoms. The van der Waals surface area contributed by atoms with E-state index in [0.717, 1.165) is 17.6 Å². The van der Waals surface area contributed by atoms with Gasteiger partial charge >= 0.3 is 5.97 Å². The number of hydrogen-bond acceptors (Lipinski definition) is 12. The summed E-state index contributed by atoms with van der Waals surface area (Å²) in [5.74, 6) is -7.31. The SMILES string of the molecule is CO[C@H]1C[C@@H]2CC[C@@H](C)[C@@](O)(O2)C(=O)C(=O)N2CCCC[C@H]2C(=O)O[C@H]([C@H](C)C[C@@H]2CC[C@@H](O)[C@H](OC)C2)CC(=O)[C@H](C)/C=C(\C)[C@@H](C)[C@@H](OC)C(=O)[C@H](C)C[C@H](C)/C=C/C=C/C=C/1C. The van der Waals surface area contributed by atoms with Gasteiger partial charge in [-0.05, 0) is 101 Å². The van der Waals surface area contributed by atoms with Gasteiger partial charge in [-0.25, -0.2) is 4.79 Å². The third-order valence-electron chi connectivity index (χ3n) is 14.9. The Labute approximate surface area is 388 Å². The number of methoxy groups -OCH3 is 3. The summed E-state index contributed by atoms with van der Waals surface area (Å²) < 4.78 is 29.7. The Morgan fingerprint density at radius 1 is 0.846 bits per heavy atom. The lowest BCUT2D eigenvalue weighted by molar-refractivity contribution is -0.265. The molecule has 13 heteroatoms. The molecule has 4 rings (SSSR count). The monoisotopic (exact) mass is 912 g/mol. The maximum Gasteiger partial charge on any atom is 0.329 e. The minimum atomic E-state index is -2.41. The summed E-state index contributed by atoms with van der Waals surface area (Å²) in [6.45, 7) is 15.3. The van der Waals surface area contributed by atoms with Crippen LogP contribution < -0.4 is 0 Å². The Bertz CT molecular complexity index is 1750. The normalized spacial score (nSPS) is 40.4. The number of amides is 1. The standard InChI is InChI=1S/C52H81NO12/c1-31-17-13-12-14-18-32(2)44(61-9)29-40-22-20-37(7)52(60,65-40)49(57)50(58)53-24-16-15-19-41(53)51(59)64-45(35(5)27-39-21-23-42(54)46(28-39)62-10)30-43(55)34(4)26-33(3)38(8)48(63-11)47(56)36(6)25-31/h12-14,17-18,26,31,34-42,44-46,48,54,60H,15-16,19-25,27-30H2,1-11H3/b14-12+,17-13+,32-18+,33-26+/t31-,34-,35-,36-,37-,38-,39+,40+,41+,42-,44+,45+,46-,48-,52-/m1/s1. The number of cyclic esters (lactones) is 1. The lowest BCUT2D eigenvalue weighted by Crippen LogP contribution is -2.61. The van der Waals surface area contributed by atoms with Gasteiger partial charge in [0.2, 0.25) is 5.79 Å². The number of aliphatic hydroxyl groups is 2. The molecule has 0 unspecified atom stereocenters. The number of aliphatic hydroxyl groups excluding tert-OH is 1. The molecule has 3 aliphatic heterocycles. The van der Waals surface area contributed by atoms with Gasteiger partial charge in [-0.2, -0.15) is 0 Å². The summed E-state index contributed by atoms with van der Waals surface area (Å²) in [6.07, 6.45) is 14.0. The zero-order valence-corrected chi connectivity index (χ0v) is 41.2. The summed E-state index contributed by atoms with van der Waals surface area (Å²) in [7, 11) is 4.71. The fraction of sp³-hybridized carbons (Fsp3) is 0.750. The van der Waals surface area contributed by atoms with E-state index in [2.05, 4.69) is 13.0 Å². The van der Waals surface area contributed by atoms with Gasteiger partial charge < -0.3 is 38.8 Å². The van der Waals surface area contributed by atoms with E-state index in [1.165, 1.54) is 12.0 Å². The summed E-state index contributed by atoms with van der Waals surface area (Å²) in [5, 5.41) is 22.4. The van der Waals surface area contributed by atoms with Crippen molar-refractivity contribution >= 4 is 29.2 Å². The van der Waals surface area contributed by atoms with Gasteiger partial charge in [-0.1, -0.05) is 83.6 Å². The van der Waals surface area contributed by atoms with E-state index in [1.807, 2.05) is 65.0 Å². The maximum absolute atomic E-state index is 14.4. The molecule has 0 aromatic heterocycles. The molecule has 15 atom stereocenters. The van der Waals surface area contributed by atoms with Gasteiger partial charge in [-0.3, -0.25) is 19.2 Å². The summed E-state index contributed by atoms with van der Waals surface area (Å²) in [6, 6.07) is -1.11. The van der Waals surface area contributed by atoms with E-state index in [9.17, 15) is 34.2 Å². The Morgan fingerprint density at radius 2 is 1.57 bits per heavy atom. The molecule has 65 heavy (non-hydrogen) atoms. The molecule has 0 radical (unpaired) electrons. The molecule has 13 nitrogen and oxygen atoms in total. The molecule has 2 bridgehead atoms. The highest BCUT2D eigenvalue weighted by Gasteiger charge is 2.53. The van der Waals surface area contributed by atoms with Crippen molar-refractivity contribution in [3.05, 3.63) is 47.6 Å². The molecule has 1 aliphatic carbocycles. The van der Waals surface area contributed by atoms with Crippen molar-refractivity contribution in [1.29, 1.82) is 0 Å². The molecule has 0 aromatic rings. The average molecular weight is 912 g/mol. The molecule has 0 aromatic carbocycles. The van der Waals surface area contributed by atoms with Crippen LogP contribution in [0.1, 0.15) is 132 Å². The van der Waals surface area contributed by atoms with Gasteiger partial charge in [0.15, 0.2) is 5.78 Å². The highest BCUT2D eigenvalue weighted by molar-refractivity contribution is 6.39. The molecule has 3 heterocycles. The minimum Gasteiger partial charge on any atom is -0.460 e. The zero-order valence-electron chi connectivity index (χ0n) is 41.2. The molecular formula is C52H81NO12.